The quantitative estimate of drug-likeness (QED) is 0.739. The maximum atomic E-state index is 12.4. The molecule has 0 radical (unpaired) electrons. The number of thioether (sulfide) groups is 1. The molecule has 0 saturated carbocycles. The molecule has 0 bridgehead atoms. The van der Waals surface area contributed by atoms with Gasteiger partial charge in [-0.25, -0.2) is 0 Å². The van der Waals surface area contributed by atoms with Gasteiger partial charge in [0.05, 0.1) is 0 Å². The second-order valence-electron chi connectivity index (χ2n) is 7.55. The van der Waals surface area contributed by atoms with Crippen LogP contribution in [0.5, 0.6) is 0 Å². The first kappa shape index (κ1) is 21.1. The highest BCUT2D eigenvalue weighted by atomic mass is 32.2. The normalized spacial score (nSPS) is 18.6. The van der Waals surface area contributed by atoms with Crippen LogP contribution in [0.3, 0.4) is 0 Å². The third-order valence-corrected chi connectivity index (χ3v) is 6.33. The Labute approximate surface area is 184 Å². The summed E-state index contributed by atoms with van der Waals surface area (Å²) in [6, 6.07) is 8.27. The Balaban J connectivity index is 1.28. The van der Waals surface area contributed by atoms with Crippen LogP contribution in [-0.4, -0.2) is 55.9 Å². The van der Waals surface area contributed by atoms with E-state index in [1.807, 2.05) is 0 Å². The lowest BCUT2D eigenvalue weighted by molar-refractivity contribution is -0.121. The average Bonchev–Trinajstić information content (AvgIpc) is 3.34. The summed E-state index contributed by atoms with van der Waals surface area (Å²) in [6.45, 7) is 1.83. The fourth-order valence-corrected chi connectivity index (χ4v) is 4.60. The van der Waals surface area contributed by atoms with E-state index in [9.17, 15) is 14.4 Å². The lowest BCUT2D eigenvalue weighted by atomic mass is 10.1. The van der Waals surface area contributed by atoms with Crippen molar-refractivity contribution in [2.45, 2.75) is 30.9 Å². The van der Waals surface area contributed by atoms with Crippen molar-refractivity contribution in [1.29, 1.82) is 0 Å². The van der Waals surface area contributed by atoms with Gasteiger partial charge in [-0.3, -0.25) is 19.1 Å². The zero-order valence-corrected chi connectivity index (χ0v) is 18.0. The number of benzene rings is 1. The number of aliphatic imine (C=N–C) groups is 1. The van der Waals surface area contributed by atoms with Crippen molar-refractivity contribution in [3.63, 3.8) is 0 Å². The van der Waals surface area contributed by atoms with Crippen LogP contribution in [0, 0.1) is 0 Å². The van der Waals surface area contributed by atoms with E-state index < -0.39 is 5.25 Å². The molecule has 2 aliphatic heterocycles. The zero-order chi connectivity index (χ0) is 21.8. The van der Waals surface area contributed by atoms with Gasteiger partial charge in [0.2, 0.25) is 5.91 Å². The minimum atomic E-state index is -0.486. The molecule has 1 saturated heterocycles. The number of carbonyl (C=O) groups excluding carboxylic acids is 3. The monoisotopic (exact) mass is 440 g/mol. The van der Waals surface area contributed by atoms with E-state index in [4.69, 9.17) is 0 Å². The van der Waals surface area contributed by atoms with E-state index in [0.29, 0.717) is 17.1 Å². The zero-order valence-electron chi connectivity index (χ0n) is 17.2. The molecule has 2 aromatic rings. The molecule has 3 heterocycles. The summed E-state index contributed by atoms with van der Waals surface area (Å²) in [7, 11) is 1.77. The Hall–Kier alpha value is -3.14. The number of hydrogen-bond donors (Lipinski definition) is 2. The maximum absolute atomic E-state index is 12.4. The third-order valence-electron chi connectivity index (χ3n) is 5.11. The summed E-state index contributed by atoms with van der Waals surface area (Å²) >= 11 is 1.38. The first-order valence-corrected chi connectivity index (χ1v) is 11.1. The Kier molecular flexibility index (Phi) is 6.36. The molecule has 4 rings (SSSR count). The molecule has 9 nitrogen and oxygen atoms in total. The highest BCUT2D eigenvalue weighted by Crippen LogP contribution is 2.29. The van der Waals surface area contributed by atoms with Crippen LogP contribution in [0.2, 0.25) is 0 Å². The van der Waals surface area contributed by atoms with Gasteiger partial charge in [0.25, 0.3) is 11.8 Å². The molecule has 2 N–H and O–H groups in total. The minimum absolute atomic E-state index is 0.0618. The van der Waals surface area contributed by atoms with Crippen LogP contribution in [0.4, 0.5) is 11.5 Å². The number of nitrogens with one attached hydrogen (secondary N) is 2. The second-order valence-corrected chi connectivity index (χ2v) is 8.72. The average molecular weight is 441 g/mol. The lowest BCUT2D eigenvalue weighted by Crippen LogP contribution is -2.33. The molecule has 1 aromatic heterocycles. The Bertz CT molecular complexity index is 1010. The fourth-order valence-electron chi connectivity index (χ4n) is 3.49. The summed E-state index contributed by atoms with van der Waals surface area (Å²) in [4.78, 5) is 43.2. The van der Waals surface area contributed by atoms with Crippen molar-refractivity contribution < 1.29 is 14.4 Å². The maximum Gasteiger partial charge on any atom is 0.262 e. The van der Waals surface area contributed by atoms with Gasteiger partial charge >= 0.3 is 0 Å². The molecule has 0 aliphatic carbocycles. The van der Waals surface area contributed by atoms with E-state index >= 15 is 0 Å². The largest absolute Gasteiger partial charge is 0.351 e. The Morgan fingerprint density at radius 1 is 1.10 bits per heavy atom. The van der Waals surface area contributed by atoms with Crippen molar-refractivity contribution in [3.8, 4) is 0 Å². The minimum Gasteiger partial charge on any atom is -0.351 e. The number of anilines is 2. The molecule has 162 valence electrons. The first-order valence-electron chi connectivity index (χ1n) is 10.2. The van der Waals surface area contributed by atoms with E-state index in [1.54, 1.807) is 48.3 Å². The summed E-state index contributed by atoms with van der Waals surface area (Å²) < 4.78 is 1.60. The van der Waals surface area contributed by atoms with Crippen molar-refractivity contribution in [1.82, 2.24) is 14.7 Å². The molecule has 1 fully saturated rings. The number of amidine groups is 1. The van der Waals surface area contributed by atoms with Crippen LogP contribution in [0.15, 0.2) is 41.5 Å². The second kappa shape index (κ2) is 9.34. The molecule has 0 spiro atoms. The first-order chi connectivity index (χ1) is 15.0. The van der Waals surface area contributed by atoms with E-state index in [0.717, 1.165) is 31.1 Å². The molecule has 3 amide bonds. The number of aromatic nitrogens is 2. The van der Waals surface area contributed by atoms with Crippen LogP contribution in [0.25, 0.3) is 0 Å². The molecule has 1 unspecified atom stereocenters. The SMILES string of the molecule is Cn1ccc(NC(=O)c2ccc(NC(=O)CC3SC(N4CCCCC4)=NC3=O)cc2)n1. The fraction of sp³-hybridized carbons (Fsp3) is 0.381. The number of piperidine rings is 1. The molecule has 10 heteroatoms. The number of aryl methyl sites for hydroxylation is 1. The van der Waals surface area contributed by atoms with Crippen molar-refractivity contribution in [2.24, 2.45) is 12.0 Å². The van der Waals surface area contributed by atoms with Crippen LogP contribution < -0.4 is 10.6 Å². The summed E-state index contributed by atoms with van der Waals surface area (Å²) in [5.41, 5.74) is 1.01. The van der Waals surface area contributed by atoms with Crippen molar-refractivity contribution in [2.75, 3.05) is 23.7 Å². The van der Waals surface area contributed by atoms with Gasteiger partial charge in [0.1, 0.15) is 5.25 Å². The number of carbonyl (C=O) groups is 3. The highest BCUT2D eigenvalue weighted by Gasteiger charge is 2.33. The number of hydrogen-bond acceptors (Lipinski definition) is 6. The number of rotatable bonds is 5. The summed E-state index contributed by atoms with van der Waals surface area (Å²) in [6.07, 6.45) is 5.22. The predicted molar refractivity (Wildman–Crippen MR) is 120 cm³/mol. The number of amides is 3. The Morgan fingerprint density at radius 2 is 1.84 bits per heavy atom. The molecular formula is C21H24N6O3S. The van der Waals surface area contributed by atoms with Crippen molar-refractivity contribution >= 4 is 46.2 Å². The standard InChI is InChI=1S/C21H24N6O3S/c1-26-12-9-17(25-26)23-19(29)14-5-7-15(8-6-14)22-18(28)13-16-20(30)24-21(31-16)27-10-3-2-4-11-27/h5-9,12,16H,2-4,10-11,13H2,1H3,(H,22,28)(H,23,25,29). The van der Waals surface area contributed by atoms with E-state index in [1.165, 1.54) is 18.2 Å². The molecule has 2 aliphatic rings. The van der Waals surface area contributed by atoms with Gasteiger partial charge in [-0.15, -0.1) is 0 Å². The molecule has 31 heavy (non-hydrogen) atoms. The lowest BCUT2D eigenvalue weighted by Gasteiger charge is -2.27. The highest BCUT2D eigenvalue weighted by molar-refractivity contribution is 8.15. The number of likely N-dealkylation sites (tertiary alicyclic amines) is 1. The van der Waals surface area contributed by atoms with Gasteiger partial charge in [-0.1, -0.05) is 11.8 Å². The number of nitrogens with zero attached hydrogens (tertiary/aromatic N) is 4. The topological polar surface area (TPSA) is 109 Å². The molecule has 1 aromatic carbocycles. The predicted octanol–water partition coefficient (Wildman–Crippen LogP) is 2.48. The molecule has 1 atom stereocenters. The van der Waals surface area contributed by atoms with Gasteiger partial charge in [0.15, 0.2) is 11.0 Å². The van der Waals surface area contributed by atoms with Gasteiger partial charge in [0, 0.05) is 50.1 Å². The third kappa shape index (κ3) is 5.32. The molecular weight excluding hydrogens is 416 g/mol. The summed E-state index contributed by atoms with van der Waals surface area (Å²) in [5, 5.41) is 9.86. The Morgan fingerprint density at radius 3 is 2.52 bits per heavy atom. The van der Waals surface area contributed by atoms with Gasteiger partial charge < -0.3 is 15.5 Å². The van der Waals surface area contributed by atoms with E-state index in [2.05, 4.69) is 25.6 Å². The smallest absolute Gasteiger partial charge is 0.262 e. The van der Waals surface area contributed by atoms with Crippen LogP contribution in [0.1, 0.15) is 36.0 Å². The van der Waals surface area contributed by atoms with Gasteiger partial charge in [-0.2, -0.15) is 10.1 Å². The summed E-state index contributed by atoms with van der Waals surface area (Å²) in [5.74, 6) is -0.324. The van der Waals surface area contributed by atoms with E-state index in [-0.39, 0.29) is 24.1 Å². The van der Waals surface area contributed by atoms with Gasteiger partial charge in [-0.05, 0) is 43.5 Å². The van der Waals surface area contributed by atoms with Crippen molar-refractivity contribution in [3.05, 3.63) is 42.1 Å². The van der Waals surface area contributed by atoms with Crippen LogP contribution >= 0.6 is 11.8 Å². The van der Waals surface area contributed by atoms with Crippen LogP contribution in [-0.2, 0) is 16.6 Å².